The fourth-order valence-electron chi connectivity index (χ4n) is 3.18. The first-order valence-corrected chi connectivity index (χ1v) is 9.20. The van der Waals surface area contributed by atoms with Crippen molar-refractivity contribution in [1.29, 1.82) is 0 Å². The molecule has 0 spiro atoms. The Bertz CT molecular complexity index is 749. The van der Waals surface area contributed by atoms with E-state index in [1.807, 2.05) is 0 Å². The number of amides is 1. The van der Waals surface area contributed by atoms with Crippen LogP contribution in [0.5, 0.6) is 0 Å². The van der Waals surface area contributed by atoms with E-state index in [1.54, 1.807) is 7.05 Å². The molecule has 7 nitrogen and oxygen atoms in total. The van der Waals surface area contributed by atoms with E-state index in [9.17, 15) is 18.0 Å². The van der Waals surface area contributed by atoms with Gasteiger partial charge in [0, 0.05) is 45.7 Å². The highest BCUT2D eigenvalue weighted by Gasteiger charge is 2.44. The average molecular weight is 339 g/mol. The quantitative estimate of drug-likeness (QED) is 0.866. The average Bonchev–Trinajstić information content (AvgIpc) is 3.28. The van der Waals surface area contributed by atoms with Gasteiger partial charge in [-0.05, 0) is 24.8 Å². The molecule has 0 aromatic carbocycles. The van der Waals surface area contributed by atoms with Gasteiger partial charge < -0.3 is 9.88 Å². The van der Waals surface area contributed by atoms with Crippen molar-refractivity contribution in [3.63, 3.8) is 0 Å². The fraction of sp³-hybridized carbons (Fsp3) is 0.600. The molecule has 23 heavy (non-hydrogen) atoms. The van der Waals surface area contributed by atoms with Gasteiger partial charge in [0.05, 0.1) is 0 Å². The van der Waals surface area contributed by atoms with Crippen LogP contribution >= 0.6 is 0 Å². The minimum absolute atomic E-state index is 0.110. The SMILES string of the molecule is CNC(=O)c1cc(S(=O)(=O)N2CCC(=O)C[C@H]2C2CC2)cn1C. The van der Waals surface area contributed by atoms with Crippen LogP contribution in [0.4, 0.5) is 0 Å². The molecule has 1 aromatic rings. The number of carbonyl (C=O) groups excluding carboxylic acids is 2. The molecule has 0 radical (unpaired) electrons. The van der Waals surface area contributed by atoms with Gasteiger partial charge in [0.1, 0.15) is 16.4 Å². The Labute approximate surface area is 135 Å². The zero-order valence-electron chi connectivity index (χ0n) is 13.3. The highest BCUT2D eigenvalue weighted by molar-refractivity contribution is 7.89. The Morgan fingerprint density at radius 3 is 2.65 bits per heavy atom. The Morgan fingerprint density at radius 1 is 1.35 bits per heavy atom. The van der Waals surface area contributed by atoms with Crippen molar-refractivity contribution in [3.8, 4) is 0 Å². The van der Waals surface area contributed by atoms with Crippen LogP contribution < -0.4 is 5.32 Å². The van der Waals surface area contributed by atoms with Crippen LogP contribution in [0.3, 0.4) is 0 Å². The van der Waals surface area contributed by atoms with Crippen LogP contribution in [0.2, 0.25) is 0 Å². The number of aromatic nitrogens is 1. The summed E-state index contributed by atoms with van der Waals surface area (Å²) in [5.74, 6) is 0.0881. The van der Waals surface area contributed by atoms with Gasteiger partial charge in [0.2, 0.25) is 10.0 Å². The predicted molar refractivity (Wildman–Crippen MR) is 83.4 cm³/mol. The van der Waals surface area contributed by atoms with E-state index in [-0.39, 0.29) is 41.5 Å². The van der Waals surface area contributed by atoms with Crippen molar-refractivity contribution >= 4 is 21.7 Å². The third kappa shape index (κ3) is 2.92. The second kappa shape index (κ2) is 5.76. The molecule has 0 bridgehead atoms. The Balaban J connectivity index is 1.94. The number of carbonyl (C=O) groups is 2. The number of sulfonamides is 1. The standard InChI is InChI=1S/C15H21N3O4S/c1-16-15(20)14-8-12(9-17(14)2)23(21,22)18-6-5-11(19)7-13(18)10-3-4-10/h8-10,13H,3-7H2,1-2H3,(H,16,20)/t13-/m0/s1. The molecule has 1 aliphatic heterocycles. The van der Waals surface area contributed by atoms with Crippen LogP contribution in [0.15, 0.2) is 17.2 Å². The normalized spacial score (nSPS) is 23.0. The molecule has 2 aliphatic rings. The zero-order valence-corrected chi connectivity index (χ0v) is 14.1. The third-order valence-electron chi connectivity index (χ3n) is 4.63. The van der Waals surface area contributed by atoms with E-state index in [2.05, 4.69) is 5.32 Å². The van der Waals surface area contributed by atoms with Gasteiger partial charge in [-0.15, -0.1) is 0 Å². The predicted octanol–water partition coefficient (Wildman–Crippen LogP) is 0.517. The topological polar surface area (TPSA) is 88.5 Å². The van der Waals surface area contributed by atoms with Crippen molar-refractivity contribution in [2.75, 3.05) is 13.6 Å². The Morgan fingerprint density at radius 2 is 2.04 bits per heavy atom. The molecule has 3 rings (SSSR count). The number of ketones is 1. The first-order chi connectivity index (χ1) is 10.8. The van der Waals surface area contributed by atoms with Gasteiger partial charge in [0.25, 0.3) is 5.91 Å². The summed E-state index contributed by atoms with van der Waals surface area (Å²) >= 11 is 0. The van der Waals surface area contributed by atoms with Crippen LogP contribution in [0.1, 0.15) is 36.2 Å². The lowest BCUT2D eigenvalue weighted by molar-refractivity contribution is -0.122. The third-order valence-corrected chi connectivity index (χ3v) is 6.52. The highest BCUT2D eigenvalue weighted by Crippen LogP contribution is 2.40. The van der Waals surface area contributed by atoms with E-state index in [0.717, 1.165) is 12.8 Å². The second-order valence-corrected chi connectivity index (χ2v) is 8.15. The van der Waals surface area contributed by atoms with E-state index in [1.165, 1.54) is 28.2 Å². The number of piperidine rings is 1. The highest BCUT2D eigenvalue weighted by atomic mass is 32.2. The molecule has 1 aliphatic carbocycles. The number of aryl methyl sites for hydroxylation is 1. The fourth-order valence-corrected chi connectivity index (χ4v) is 4.94. The van der Waals surface area contributed by atoms with Crippen molar-refractivity contribution in [3.05, 3.63) is 18.0 Å². The number of hydrogen-bond acceptors (Lipinski definition) is 4. The monoisotopic (exact) mass is 339 g/mol. The summed E-state index contributed by atoms with van der Waals surface area (Å²) in [7, 11) is -0.559. The molecule has 1 atom stereocenters. The van der Waals surface area contributed by atoms with Gasteiger partial charge in [-0.1, -0.05) is 0 Å². The summed E-state index contributed by atoms with van der Waals surface area (Å²) in [6.07, 6.45) is 3.97. The van der Waals surface area contributed by atoms with Crippen molar-refractivity contribution in [2.24, 2.45) is 13.0 Å². The molecule has 1 saturated heterocycles. The van der Waals surface area contributed by atoms with Gasteiger partial charge in [-0.2, -0.15) is 4.31 Å². The lowest BCUT2D eigenvalue weighted by atomic mass is 10.00. The molecule has 1 saturated carbocycles. The molecular weight excluding hydrogens is 318 g/mol. The van der Waals surface area contributed by atoms with Crippen molar-refractivity contribution in [2.45, 2.75) is 36.6 Å². The minimum atomic E-state index is -3.70. The Hall–Kier alpha value is -1.67. The van der Waals surface area contributed by atoms with E-state index >= 15 is 0 Å². The number of rotatable bonds is 4. The first-order valence-electron chi connectivity index (χ1n) is 7.76. The number of hydrogen-bond donors (Lipinski definition) is 1. The van der Waals surface area contributed by atoms with Gasteiger partial charge in [-0.25, -0.2) is 8.42 Å². The zero-order chi connectivity index (χ0) is 16.8. The van der Waals surface area contributed by atoms with Crippen LogP contribution in [-0.2, 0) is 21.9 Å². The van der Waals surface area contributed by atoms with Crippen molar-refractivity contribution in [1.82, 2.24) is 14.2 Å². The summed E-state index contributed by atoms with van der Waals surface area (Å²) in [5, 5.41) is 2.50. The second-order valence-electron chi connectivity index (χ2n) is 6.26. The van der Waals surface area contributed by atoms with Crippen LogP contribution in [0.25, 0.3) is 0 Å². The maximum absolute atomic E-state index is 13.0. The molecule has 0 unspecified atom stereocenters. The summed E-state index contributed by atoms with van der Waals surface area (Å²) < 4.78 is 28.9. The summed E-state index contributed by atoms with van der Waals surface area (Å²) in [4.78, 5) is 23.6. The van der Waals surface area contributed by atoms with Crippen molar-refractivity contribution < 1.29 is 18.0 Å². The summed E-state index contributed by atoms with van der Waals surface area (Å²) in [6.45, 7) is 0.229. The molecule has 126 valence electrons. The molecule has 1 amide bonds. The molecule has 1 aromatic heterocycles. The largest absolute Gasteiger partial charge is 0.354 e. The smallest absolute Gasteiger partial charge is 0.267 e. The minimum Gasteiger partial charge on any atom is -0.354 e. The van der Waals surface area contributed by atoms with E-state index < -0.39 is 10.0 Å². The van der Waals surface area contributed by atoms with Gasteiger partial charge in [0.15, 0.2) is 0 Å². The lowest BCUT2D eigenvalue weighted by Gasteiger charge is -2.33. The maximum atomic E-state index is 13.0. The number of Topliss-reactive ketones (excluding diaryl/α,β-unsaturated/α-hetero) is 1. The molecule has 2 fully saturated rings. The molecule has 1 N–H and O–H groups in total. The van der Waals surface area contributed by atoms with E-state index in [4.69, 9.17) is 0 Å². The summed E-state index contributed by atoms with van der Waals surface area (Å²) in [5.41, 5.74) is 0.294. The van der Waals surface area contributed by atoms with Crippen LogP contribution in [-0.4, -0.2) is 48.6 Å². The van der Waals surface area contributed by atoms with Crippen LogP contribution in [0, 0.1) is 5.92 Å². The van der Waals surface area contributed by atoms with Gasteiger partial charge >= 0.3 is 0 Å². The van der Waals surface area contributed by atoms with Gasteiger partial charge in [-0.3, -0.25) is 9.59 Å². The molecular formula is C15H21N3O4S. The molecule has 2 heterocycles. The number of nitrogens with zero attached hydrogens (tertiary/aromatic N) is 2. The Kier molecular flexibility index (Phi) is 4.05. The first kappa shape index (κ1) is 16.2. The maximum Gasteiger partial charge on any atom is 0.267 e. The number of nitrogens with one attached hydrogen (secondary N) is 1. The molecule has 8 heteroatoms. The van der Waals surface area contributed by atoms with E-state index in [0.29, 0.717) is 12.1 Å². The lowest BCUT2D eigenvalue weighted by Crippen LogP contribution is -2.47. The summed E-state index contributed by atoms with van der Waals surface area (Å²) in [6, 6.07) is 1.17.